The molecule has 0 unspecified atom stereocenters. The van der Waals surface area contributed by atoms with Crippen molar-refractivity contribution in [3.63, 3.8) is 0 Å². The van der Waals surface area contributed by atoms with Gasteiger partial charge in [0, 0.05) is 0 Å². The largest absolute Gasteiger partial charge is 0.388 e. The molecule has 0 aliphatic rings. The molecule has 0 bridgehead atoms. The van der Waals surface area contributed by atoms with Crippen molar-refractivity contribution in [2.24, 2.45) is 0 Å². The first-order valence-electron chi connectivity index (χ1n) is 6.23. The lowest BCUT2D eigenvalue weighted by Gasteiger charge is -2.14. The second kappa shape index (κ2) is 6.34. The summed E-state index contributed by atoms with van der Waals surface area (Å²) >= 11 is 0. The van der Waals surface area contributed by atoms with Gasteiger partial charge in [-0.15, -0.1) is 0 Å². The highest BCUT2D eigenvalue weighted by molar-refractivity contribution is 5.19. The molecule has 0 aliphatic heterocycles. The van der Waals surface area contributed by atoms with Crippen LogP contribution in [0.15, 0.2) is 60.7 Å². The lowest BCUT2D eigenvalue weighted by Crippen LogP contribution is -2.02. The zero-order valence-electron chi connectivity index (χ0n) is 10.2. The molecule has 94 valence electrons. The van der Waals surface area contributed by atoms with Gasteiger partial charge < -0.3 is 10.2 Å². The third-order valence-electron chi connectivity index (χ3n) is 3.08. The fourth-order valence-electron chi connectivity index (χ4n) is 2.00. The summed E-state index contributed by atoms with van der Waals surface area (Å²) in [4.78, 5) is 0. The second-order valence-corrected chi connectivity index (χ2v) is 4.43. The molecular weight excluding hydrogens is 224 g/mol. The molecule has 0 fully saturated rings. The van der Waals surface area contributed by atoms with E-state index in [1.807, 2.05) is 60.7 Å². The highest BCUT2D eigenvalue weighted by Crippen LogP contribution is 2.24. The Kier molecular flexibility index (Phi) is 4.51. The quantitative estimate of drug-likeness (QED) is 0.845. The van der Waals surface area contributed by atoms with E-state index in [-0.39, 0.29) is 0 Å². The monoisotopic (exact) mass is 242 g/mol. The smallest absolute Gasteiger partial charge is 0.0791 e. The molecule has 0 amide bonds. The molecule has 0 radical (unpaired) electrons. The summed E-state index contributed by atoms with van der Waals surface area (Å²) in [6.45, 7) is 0. The fraction of sp³-hybridized carbons (Fsp3) is 0.250. The topological polar surface area (TPSA) is 40.5 Å². The van der Waals surface area contributed by atoms with E-state index in [0.717, 1.165) is 11.1 Å². The molecule has 0 saturated heterocycles. The van der Waals surface area contributed by atoms with Crippen LogP contribution in [0.25, 0.3) is 0 Å². The van der Waals surface area contributed by atoms with Crippen molar-refractivity contribution < 1.29 is 10.2 Å². The molecule has 2 N–H and O–H groups in total. The maximum Gasteiger partial charge on any atom is 0.0791 e. The summed E-state index contributed by atoms with van der Waals surface area (Å²) in [5, 5.41) is 20.0. The van der Waals surface area contributed by atoms with Crippen molar-refractivity contribution in [3.05, 3.63) is 71.8 Å². The first-order valence-corrected chi connectivity index (χ1v) is 6.23. The predicted molar refractivity (Wildman–Crippen MR) is 72.0 cm³/mol. The SMILES string of the molecule is O[C@H](CC[C@H](O)c1ccccc1)c1ccccc1. The molecule has 2 aromatic carbocycles. The Morgan fingerprint density at radius 3 is 1.28 bits per heavy atom. The highest BCUT2D eigenvalue weighted by atomic mass is 16.3. The van der Waals surface area contributed by atoms with E-state index in [9.17, 15) is 10.2 Å². The van der Waals surface area contributed by atoms with Crippen LogP contribution in [0.4, 0.5) is 0 Å². The molecule has 0 aliphatic carbocycles. The number of benzene rings is 2. The van der Waals surface area contributed by atoms with Gasteiger partial charge in [0.05, 0.1) is 12.2 Å². The number of aliphatic hydroxyl groups is 2. The zero-order chi connectivity index (χ0) is 12.8. The van der Waals surface area contributed by atoms with Crippen LogP contribution in [-0.4, -0.2) is 10.2 Å². The average molecular weight is 242 g/mol. The van der Waals surface area contributed by atoms with Crippen molar-refractivity contribution in [1.82, 2.24) is 0 Å². The van der Waals surface area contributed by atoms with Crippen LogP contribution < -0.4 is 0 Å². The third-order valence-corrected chi connectivity index (χ3v) is 3.08. The van der Waals surface area contributed by atoms with E-state index < -0.39 is 12.2 Å². The minimum Gasteiger partial charge on any atom is -0.388 e. The van der Waals surface area contributed by atoms with Gasteiger partial charge in [-0.3, -0.25) is 0 Å². The third kappa shape index (κ3) is 3.42. The minimum atomic E-state index is -0.510. The average Bonchev–Trinajstić information content (AvgIpc) is 2.46. The molecule has 2 nitrogen and oxygen atoms in total. The highest BCUT2D eigenvalue weighted by Gasteiger charge is 2.12. The van der Waals surface area contributed by atoms with Gasteiger partial charge in [0.1, 0.15) is 0 Å². The van der Waals surface area contributed by atoms with Gasteiger partial charge >= 0.3 is 0 Å². The van der Waals surface area contributed by atoms with Crippen LogP contribution in [0.2, 0.25) is 0 Å². The summed E-state index contributed by atoms with van der Waals surface area (Å²) < 4.78 is 0. The second-order valence-electron chi connectivity index (χ2n) is 4.43. The van der Waals surface area contributed by atoms with E-state index in [4.69, 9.17) is 0 Å². The minimum absolute atomic E-state index is 0.510. The van der Waals surface area contributed by atoms with Crippen molar-refractivity contribution in [2.45, 2.75) is 25.0 Å². The van der Waals surface area contributed by atoms with Gasteiger partial charge in [0.15, 0.2) is 0 Å². The Labute approximate surface area is 108 Å². The van der Waals surface area contributed by atoms with Crippen LogP contribution in [0.3, 0.4) is 0 Å². The molecule has 0 spiro atoms. The first-order chi connectivity index (χ1) is 8.77. The van der Waals surface area contributed by atoms with E-state index >= 15 is 0 Å². The summed E-state index contributed by atoms with van der Waals surface area (Å²) in [6, 6.07) is 19.1. The summed E-state index contributed by atoms with van der Waals surface area (Å²) in [6.07, 6.45) is 0.0919. The Morgan fingerprint density at radius 1 is 0.611 bits per heavy atom. The Bertz CT molecular complexity index is 408. The van der Waals surface area contributed by atoms with Crippen LogP contribution >= 0.6 is 0 Å². The van der Waals surface area contributed by atoms with Crippen molar-refractivity contribution >= 4 is 0 Å². The lowest BCUT2D eigenvalue weighted by molar-refractivity contribution is 0.115. The van der Waals surface area contributed by atoms with E-state index in [1.54, 1.807) is 0 Å². The van der Waals surface area contributed by atoms with Crippen LogP contribution in [-0.2, 0) is 0 Å². The van der Waals surface area contributed by atoms with Gasteiger partial charge in [0.25, 0.3) is 0 Å². The molecular formula is C16H18O2. The van der Waals surface area contributed by atoms with Crippen LogP contribution in [0.1, 0.15) is 36.2 Å². The molecule has 0 heterocycles. The number of hydrogen-bond acceptors (Lipinski definition) is 2. The fourth-order valence-corrected chi connectivity index (χ4v) is 2.00. The summed E-state index contributed by atoms with van der Waals surface area (Å²) in [7, 11) is 0. The van der Waals surface area contributed by atoms with Crippen molar-refractivity contribution in [2.75, 3.05) is 0 Å². The van der Waals surface area contributed by atoms with Gasteiger partial charge in [-0.1, -0.05) is 60.7 Å². The maximum atomic E-state index is 10.0. The molecule has 2 rings (SSSR count). The maximum absolute atomic E-state index is 10.0. The van der Waals surface area contributed by atoms with E-state index in [2.05, 4.69) is 0 Å². The molecule has 0 saturated carbocycles. The van der Waals surface area contributed by atoms with Crippen molar-refractivity contribution in [3.8, 4) is 0 Å². The Morgan fingerprint density at radius 2 is 0.944 bits per heavy atom. The Balaban J connectivity index is 1.89. The molecule has 2 aromatic rings. The van der Waals surface area contributed by atoms with Gasteiger partial charge in [-0.25, -0.2) is 0 Å². The van der Waals surface area contributed by atoms with Crippen molar-refractivity contribution in [1.29, 1.82) is 0 Å². The van der Waals surface area contributed by atoms with E-state index in [1.165, 1.54) is 0 Å². The predicted octanol–water partition coefficient (Wildman–Crippen LogP) is 3.23. The molecule has 18 heavy (non-hydrogen) atoms. The summed E-state index contributed by atoms with van der Waals surface area (Å²) in [5.74, 6) is 0. The number of rotatable bonds is 5. The number of aliphatic hydroxyl groups excluding tert-OH is 2. The zero-order valence-corrected chi connectivity index (χ0v) is 10.2. The Hall–Kier alpha value is -1.64. The van der Waals surface area contributed by atoms with E-state index in [0.29, 0.717) is 12.8 Å². The summed E-state index contributed by atoms with van der Waals surface area (Å²) in [5.41, 5.74) is 1.80. The molecule has 2 heteroatoms. The van der Waals surface area contributed by atoms with Gasteiger partial charge in [-0.05, 0) is 24.0 Å². The van der Waals surface area contributed by atoms with Gasteiger partial charge in [-0.2, -0.15) is 0 Å². The lowest BCUT2D eigenvalue weighted by atomic mass is 9.99. The van der Waals surface area contributed by atoms with Crippen LogP contribution in [0, 0.1) is 0 Å². The molecule has 0 aromatic heterocycles. The normalized spacial score (nSPS) is 14.1. The van der Waals surface area contributed by atoms with Crippen LogP contribution in [0.5, 0.6) is 0 Å². The van der Waals surface area contributed by atoms with Gasteiger partial charge in [0.2, 0.25) is 0 Å². The first kappa shape index (κ1) is 12.8. The number of hydrogen-bond donors (Lipinski definition) is 2. The molecule has 2 atom stereocenters. The standard InChI is InChI=1S/C16H18O2/c17-15(13-7-3-1-4-8-13)11-12-16(18)14-9-5-2-6-10-14/h1-10,15-18H,11-12H2/t15-,16+.